The molecule has 0 atom stereocenters. The minimum Gasteiger partial charge on any atom is -0.411 e. The van der Waals surface area contributed by atoms with Gasteiger partial charge in [-0.1, -0.05) is 55.3 Å². The second-order valence-corrected chi connectivity index (χ2v) is 4.09. The third-order valence-corrected chi connectivity index (χ3v) is 2.65. The van der Waals surface area contributed by atoms with E-state index in [-0.39, 0.29) is 12.2 Å². The lowest BCUT2D eigenvalue weighted by atomic mass is 10.0. The molecule has 0 aliphatic carbocycles. The third-order valence-electron chi connectivity index (χ3n) is 2.65. The zero-order valence-corrected chi connectivity index (χ0v) is 10.2. The number of oxime groups is 1. The van der Waals surface area contributed by atoms with Crippen LogP contribution in [0.5, 0.6) is 0 Å². The first-order valence-corrected chi connectivity index (χ1v) is 6.06. The Morgan fingerprint density at radius 3 is 2.53 bits per heavy atom. The van der Waals surface area contributed by atoms with Crippen molar-refractivity contribution in [1.82, 2.24) is 0 Å². The standard InChI is InChI=1S/C14H19NO2/c1-2-3-5-10-13(16)11-14(15-17)12-8-6-4-7-9-12/h4,6-9,17H,2-3,5,10-11H2,1H3. The minimum atomic E-state index is 0.134. The molecule has 0 bridgehead atoms. The normalized spacial score (nSPS) is 11.5. The van der Waals surface area contributed by atoms with Crippen molar-refractivity contribution in [1.29, 1.82) is 0 Å². The number of benzene rings is 1. The molecule has 3 heteroatoms. The van der Waals surface area contributed by atoms with Gasteiger partial charge >= 0.3 is 0 Å². The summed E-state index contributed by atoms with van der Waals surface area (Å²) in [5.74, 6) is 0.134. The first kappa shape index (κ1) is 13.4. The lowest BCUT2D eigenvalue weighted by Gasteiger charge is -2.03. The van der Waals surface area contributed by atoms with Crippen LogP contribution < -0.4 is 0 Å². The maximum Gasteiger partial charge on any atom is 0.138 e. The molecule has 0 aliphatic heterocycles. The Morgan fingerprint density at radius 2 is 1.94 bits per heavy atom. The van der Waals surface area contributed by atoms with Crippen molar-refractivity contribution >= 4 is 11.5 Å². The van der Waals surface area contributed by atoms with E-state index in [9.17, 15) is 4.79 Å². The van der Waals surface area contributed by atoms with E-state index in [1.807, 2.05) is 30.3 Å². The maximum absolute atomic E-state index is 11.7. The van der Waals surface area contributed by atoms with Gasteiger partial charge in [-0.25, -0.2) is 0 Å². The van der Waals surface area contributed by atoms with Crippen LogP contribution in [0.25, 0.3) is 0 Å². The number of carbonyl (C=O) groups excluding carboxylic acids is 1. The average molecular weight is 233 g/mol. The zero-order chi connectivity index (χ0) is 12.5. The molecule has 0 fully saturated rings. The molecule has 92 valence electrons. The van der Waals surface area contributed by atoms with Crippen molar-refractivity contribution in [3.05, 3.63) is 35.9 Å². The molecule has 1 rings (SSSR count). The fourth-order valence-electron chi connectivity index (χ4n) is 1.67. The van der Waals surface area contributed by atoms with E-state index in [4.69, 9.17) is 5.21 Å². The Morgan fingerprint density at radius 1 is 1.24 bits per heavy atom. The molecular weight excluding hydrogens is 214 g/mol. The van der Waals surface area contributed by atoms with Gasteiger partial charge < -0.3 is 5.21 Å². The summed E-state index contributed by atoms with van der Waals surface area (Å²) in [6, 6.07) is 9.30. The summed E-state index contributed by atoms with van der Waals surface area (Å²) in [6.07, 6.45) is 3.88. The van der Waals surface area contributed by atoms with E-state index in [2.05, 4.69) is 12.1 Å². The summed E-state index contributed by atoms with van der Waals surface area (Å²) < 4.78 is 0. The molecule has 3 nitrogen and oxygen atoms in total. The zero-order valence-electron chi connectivity index (χ0n) is 10.2. The molecule has 0 saturated carbocycles. The Labute approximate surface area is 102 Å². The summed E-state index contributed by atoms with van der Waals surface area (Å²) in [6.45, 7) is 2.11. The van der Waals surface area contributed by atoms with Crippen molar-refractivity contribution in [3.8, 4) is 0 Å². The summed E-state index contributed by atoms with van der Waals surface area (Å²) in [7, 11) is 0. The van der Waals surface area contributed by atoms with E-state index >= 15 is 0 Å². The summed E-state index contributed by atoms with van der Waals surface area (Å²) in [5, 5.41) is 12.2. The Balaban J connectivity index is 2.51. The lowest BCUT2D eigenvalue weighted by Crippen LogP contribution is -2.09. The molecule has 0 heterocycles. The van der Waals surface area contributed by atoms with Crippen LogP contribution in [0, 0.1) is 0 Å². The largest absolute Gasteiger partial charge is 0.411 e. The second kappa shape index (κ2) is 7.60. The van der Waals surface area contributed by atoms with E-state index in [0.717, 1.165) is 24.8 Å². The van der Waals surface area contributed by atoms with Gasteiger partial charge in [0.2, 0.25) is 0 Å². The van der Waals surface area contributed by atoms with Crippen LogP contribution in [0.2, 0.25) is 0 Å². The second-order valence-electron chi connectivity index (χ2n) is 4.09. The molecule has 17 heavy (non-hydrogen) atoms. The van der Waals surface area contributed by atoms with Crippen molar-refractivity contribution < 1.29 is 10.0 Å². The SMILES string of the molecule is CCCCCC(=O)CC(=NO)c1ccccc1. The average Bonchev–Trinajstić information content (AvgIpc) is 2.37. The number of unbranched alkanes of at least 4 members (excludes halogenated alkanes) is 2. The molecule has 0 spiro atoms. The number of ketones is 1. The highest BCUT2D eigenvalue weighted by Gasteiger charge is 2.09. The van der Waals surface area contributed by atoms with E-state index in [1.54, 1.807) is 0 Å². The van der Waals surface area contributed by atoms with E-state index < -0.39 is 0 Å². The first-order chi connectivity index (χ1) is 8.27. The molecule has 0 aromatic heterocycles. The molecule has 0 unspecified atom stereocenters. The van der Waals surface area contributed by atoms with Gasteiger partial charge in [0.25, 0.3) is 0 Å². The highest BCUT2D eigenvalue weighted by molar-refractivity contribution is 6.10. The molecule has 1 aromatic carbocycles. The molecular formula is C14H19NO2. The maximum atomic E-state index is 11.7. The van der Waals surface area contributed by atoms with Gasteiger partial charge in [-0.05, 0) is 12.0 Å². The Kier molecular flexibility index (Phi) is 6.00. The van der Waals surface area contributed by atoms with Crippen LogP contribution in [0.15, 0.2) is 35.5 Å². The van der Waals surface area contributed by atoms with Gasteiger partial charge in [-0.2, -0.15) is 0 Å². The van der Waals surface area contributed by atoms with E-state index in [1.165, 1.54) is 0 Å². The van der Waals surface area contributed by atoms with Crippen molar-refractivity contribution in [2.45, 2.75) is 39.0 Å². The first-order valence-electron chi connectivity index (χ1n) is 6.06. The fourth-order valence-corrected chi connectivity index (χ4v) is 1.67. The van der Waals surface area contributed by atoms with Gasteiger partial charge in [0.15, 0.2) is 0 Å². The minimum absolute atomic E-state index is 0.134. The summed E-state index contributed by atoms with van der Waals surface area (Å²) in [4.78, 5) is 11.7. The molecule has 0 radical (unpaired) electrons. The number of nitrogens with zero attached hydrogens (tertiary/aromatic N) is 1. The van der Waals surface area contributed by atoms with Crippen molar-refractivity contribution in [2.75, 3.05) is 0 Å². The van der Waals surface area contributed by atoms with Gasteiger partial charge in [0.1, 0.15) is 5.78 Å². The molecule has 0 amide bonds. The van der Waals surface area contributed by atoms with Crippen LogP contribution in [0.4, 0.5) is 0 Å². The van der Waals surface area contributed by atoms with Crippen LogP contribution in [-0.2, 0) is 4.79 Å². The molecule has 0 aliphatic rings. The highest BCUT2D eigenvalue weighted by Crippen LogP contribution is 2.08. The highest BCUT2D eigenvalue weighted by atomic mass is 16.4. The summed E-state index contributed by atoms with van der Waals surface area (Å²) in [5.41, 5.74) is 1.26. The topological polar surface area (TPSA) is 49.7 Å². The number of Topliss-reactive ketones (excluding diaryl/α,β-unsaturated/α-hetero) is 1. The van der Waals surface area contributed by atoms with Gasteiger partial charge in [-0.3, -0.25) is 4.79 Å². The number of rotatable bonds is 7. The van der Waals surface area contributed by atoms with Gasteiger partial charge in [0.05, 0.1) is 12.1 Å². The predicted molar refractivity (Wildman–Crippen MR) is 68.5 cm³/mol. The Hall–Kier alpha value is -1.64. The summed E-state index contributed by atoms with van der Waals surface area (Å²) >= 11 is 0. The number of hydrogen-bond acceptors (Lipinski definition) is 3. The smallest absolute Gasteiger partial charge is 0.138 e. The quantitative estimate of drug-likeness (QED) is 0.339. The fraction of sp³-hybridized carbons (Fsp3) is 0.429. The van der Waals surface area contributed by atoms with Crippen LogP contribution >= 0.6 is 0 Å². The Bertz CT molecular complexity index is 371. The van der Waals surface area contributed by atoms with Crippen LogP contribution in [0.3, 0.4) is 0 Å². The molecule has 0 saturated heterocycles. The lowest BCUT2D eigenvalue weighted by molar-refractivity contribution is -0.118. The number of carbonyl (C=O) groups is 1. The van der Waals surface area contributed by atoms with Crippen molar-refractivity contribution in [3.63, 3.8) is 0 Å². The predicted octanol–water partition coefficient (Wildman–Crippen LogP) is 3.40. The number of hydrogen-bond donors (Lipinski definition) is 1. The van der Waals surface area contributed by atoms with Crippen LogP contribution in [-0.4, -0.2) is 16.7 Å². The van der Waals surface area contributed by atoms with Crippen LogP contribution in [0.1, 0.15) is 44.6 Å². The molecule has 1 N–H and O–H groups in total. The van der Waals surface area contributed by atoms with Gasteiger partial charge in [0, 0.05) is 6.42 Å². The van der Waals surface area contributed by atoms with E-state index in [0.29, 0.717) is 12.1 Å². The third kappa shape index (κ3) is 4.81. The van der Waals surface area contributed by atoms with Crippen molar-refractivity contribution in [2.24, 2.45) is 5.16 Å². The monoisotopic (exact) mass is 233 g/mol. The molecule has 1 aromatic rings. The van der Waals surface area contributed by atoms with Gasteiger partial charge in [-0.15, -0.1) is 0 Å².